The Morgan fingerprint density at radius 3 is 1.02 bits per heavy atom. The maximum atomic E-state index is 11.8. The highest BCUT2D eigenvalue weighted by atomic mass is 16.6. The largest absolute Gasteiger partial charge is 0.481 e. The predicted molar refractivity (Wildman–Crippen MR) is 208 cm³/mol. The topological polar surface area (TPSA) is 261 Å². The Kier molecular flexibility index (Phi) is 37.1. The zero-order chi connectivity index (χ0) is 43.6. The van der Waals surface area contributed by atoms with Gasteiger partial charge in [0.25, 0.3) is 11.8 Å². The second-order valence-corrected chi connectivity index (χ2v) is 12.2. The molecule has 60 heavy (non-hydrogen) atoms. The van der Waals surface area contributed by atoms with Crippen LogP contribution in [0.25, 0.3) is 0 Å². The number of carbonyl (C=O) groups is 6. The van der Waals surface area contributed by atoms with E-state index in [-0.39, 0.29) is 43.7 Å². The first-order chi connectivity index (χ1) is 29.3. The number of carboxylic acid groups (broad SMARTS) is 1. The summed E-state index contributed by atoms with van der Waals surface area (Å²) < 4.78 is 64.8. The Morgan fingerprint density at radius 2 is 0.750 bits per heavy atom. The third-order valence-electron chi connectivity index (χ3n) is 7.44. The number of carboxylic acids is 1. The monoisotopic (exact) mass is 867 g/mol. The van der Waals surface area contributed by atoms with Gasteiger partial charge in [0.2, 0.25) is 17.7 Å². The Bertz CT molecular complexity index is 1150. The van der Waals surface area contributed by atoms with Gasteiger partial charge in [0.05, 0.1) is 165 Å². The smallest absolute Gasteiger partial charge is 0.305 e. The average Bonchev–Trinajstić information content (AvgIpc) is 3.78. The predicted octanol–water partition coefficient (Wildman–Crippen LogP) is -1.49. The van der Waals surface area contributed by atoms with Crippen LogP contribution in [0.3, 0.4) is 0 Å². The lowest BCUT2D eigenvalue weighted by Crippen LogP contribution is -2.35. The number of nitrogens with one attached hydrogen (secondary N) is 2. The minimum Gasteiger partial charge on any atom is -0.481 e. The van der Waals surface area contributed by atoms with Crippen molar-refractivity contribution in [3.05, 3.63) is 12.2 Å². The number of nitrogens with zero attached hydrogens (tertiary/aromatic N) is 1. The van der Waals surface area contributed by atoms with Crippen molar-refractivity contribution in [2.24, 2.45) is 0 Å². The Morgan fingerprint density at radius 1 is 0.467 bits per heavy atom. The van der Waals surface area contributed by atoms with Gasteiger partial charge in [0, 0.05) is 44.5 Å². The molecule has 1 fully saturated rings. The molecule has 346 valence electrons. The molecule has 2 aliphatic rings. The molecule has 0 aromatic heterocycles. The van der Waals surface area contributed by atoms with Crippen LogP contribution in [-0.4, -0.2) is 217 Å². The van der Waals surface area contributed by atoms with E-state index in [2.05, 4.69) is 10.6 Å². The van der Waals surface area contributed by atoms with Crippen LogP contribution in [0, 0.1) is 0 Å². The van der Waals surface area contributed by atoms with Crippen molar-refractivity contribution in [2.75, 3.05) is 172 Å². The van der Waals surface area contributed by atoms with Crippen molar-refractivity contribution in [1.29, 1.82) is 0 Å². The van der Waals surface area contributed by atoms with Gasteiger partial charge >= 0.3 is 5.97 Å². The van der Waals surface area contributed by atoms with E-state index in [4.69, 9.17) is 61.9 Å². The Labute approximate surface area is 351 Å². The van der Waals surface area contributed by atoms with Crippen LogP contribution in [0.5, 0.6) is 0 Å². The zero-order valence-corrected chi connectivity index (χ0v) is 34.6. The van der Waals surface area contributed by atoms with E-state index in [1.54, 1.807) is 0 Å². The van der Waals surface area contributed by atoms with Crippen LogP contribution in [-0.2, 0) is 85.6 Å². The van der Waals surface area contributed by atoms with Crippen LogP contribution in [0.1, 0.15) is 25.7 Å². The zero-order valence-electron chi connectivity index (χ0n) is 34.6. The molecule has 2 aliphatic heterocycles. The highest BCUT2D eigenvalue weighted by Crippen LogP contribution is 2.04. The lowest BCUT2D eigenvalue weighted by Gasteiger charge is -2.13. The summed E-state index contributed by atoms with van der Waals surface area (Å²) >= 11 is 0. The molecule has 0 aromatic carbocycles. The van der Waals surface area contributed by atoms with Crippen LogP contribution >= 0.6 is 0 Å². The van der Waals surface area contributed by atoms with Crippen molar-refractivity contribution in [3.8, 4) is 0 Å². The molecule has 22 nitrogen and oxygen atoms in total. The number of carbonyl (C=O) groups excluding carboxylic acids is 5. The molecular formula is C38H65N3O19. The quantitative estimate of drug-likeness (QED) is 0.0467. The van der Waals surface area contributed by atoms with Gasteiger partial charge in [-0.15, -0.1) is 0 Å². The summed E-state index contributed by atoms with van der Waals surface area (Å²) in [6.45, 7) is 10.7. The molecule has 3 N–H and O–H groups in total. The van der Waals surface area contributed by atoms with Crippen molar-refractivity contribution >= 4 is 35.5 Å². The number of ether oxygens (including phenoxy) is 12. The van der Waals surface area contributed by atoms with Gasteiger partial charge in [-0.2, -0.15) is 0 Å². The number of rotatable bonds is 42. The molecule has 1 saturated heterocycles. The first-order valence-corrected chi connectivity index (χ1v) is 20.1. The fourth-order valence-electron chi connectivity index (χ4n) is 4.40. The molecule has 0 bridgehead atoms. The van der Waals surface area contributed by atoms with Crippen molar-refractivity contribution in [2.45, 2.75) is 25.7 Å². The summed E-state index contributed by atoms with van der Waals surface area (Å²) in [5, 5.41) is 13.3. The molecule has 0 atom stereocenters. The molecule has 0 spiro atoms. The summed E-state index contributed by atoms with van der Waals surface area (Å²) in [5.74, 6) is -2.24. The number of aliphatic carboxylic acids is 1. The van der Waals surface area contributed by atoms with Gasteiger partial charge in [-0.05, 0) is 0 Å². The van der Waals surface area contributed by atoms with Crippen molar-refractivity contribution in [1.82, 2.24) is 15.5 Å². The van der Waals surface area contributed by atoms with Crippen LogP contribution in [0.4, 0.5) is 0 Å². The van der Waals surface area contributed by atoms with Gasteiger partial charge in [0.15, 0.2) is 0 Å². The molecule has 5 amide bonds. The normalized spacial score (nSPS) is 13.6. The minimum absolute atomic E-state index is 0.0110. The molecule has 2 rings (SSSR count). The van der Waals surface area contributed by atoms with E-state index >= 15 is 0 Å². The SMILES string of the molecule is O=C(O)CCOCCOCCOCCOCCOCCOCCOCCOCCOCCOCCOCCOCCNC(=O)CCN1C(=O)C=CC1=O.O=C1CCC(=O)N1. The van der Waals surface area contributed by atoms with Gasteiger partial charge in [-0.3, -0.25) is 39.0 Å². The maximum absolute atomic E-state index is 11.8. The maximum Gasteiger partial charge on any atom is 0.305 e. The minimum atomic E-state index is -0.882. The molecule has 0 saturated carbocycles. The fourth-order valence-corrected chi connectivity index (χ4v) is 4.40. The summed E-state index contributed by atoms with van der Waals surface area (Å²) in [7, 11) is 0. The lowest BCUT2D eigenvalue weighted by molar-refractivity contribution is -0.139. The van der Waals surface area contributed by atoms with Gasteiger partial charge < -0.3 is 67.3 Å². The molecule has 0 radical (unpaired) electrons. The highest BCUT2D eigenvalue weighted by Gasteiger charge is 2.23. The average molecular weight is 868 g/mol. The summed E-state index contributed by atoms with van der Waals surface area (Å²) in [4.78, 5) is 66.3. The number of hydrogen-bond acceptors (Lipinski definition) is 18. The third kappa shape index (κ3) is 36.3. The molecule has 22 heteroatoms. The molecule has 0 aromatic rings. The van der Waals surface area contributed by atoms with Gasteiger partial charge in [-0.25, -0.2) is 0 Å². The highest BCUT2D eigenvalue weighted by molar-refractivity contribution is 6.13. The van der Waals surface area contributed by atoms with E-state index in [1.807, 2.05) is 0 Å². The van der Waals surface area contributed by atoms with Crippen molar-refractivity contribution < 1.29 is 90.7 Å². The van der Waals surface area contributed by atoms with Gasteiger partial charge in [0.1, 0.15) is 0 Å². The fraction of sp³-hybridized carbons (Fsp3) is 0.789. The molecular weight excluding hydrogens is 802 g/mol. The first kappa shape index (κ1) is 54.5. The lowest BCUT2D eigenvalue weighted by atomic mass is 10.3. The second kappa shape index (κ2) is 40.9. The van der Waals surface area contributed by atoms with Crippen molar-refractivity contribution in [3.63, 3.8) is 0 Å². The van der Waals surface area contributed by atoms with E-state index in [9.17, 15) is 28.8 Å². The number of imide groups is 2. The standard InChI is InChI=1S/C34H60N2O17.C4H5NO2/c37-31(3-6-36-32(38)1-2-33(36)39)35-5-8-43-10-12-45-14-16-47-18-20-49-22-24-51-26-28-53-30-29-52-27-25-50-23-21-48-19-17-46-15-13-44-11-9-42-7-4-34(40)41;6-3-1-2-4(7)5-3/h1-2H,3-30H2,(H,35,37)(H,40,41);1-2H2,(H,5,6,7). The summed E-state index contributed by atoms with van der Waals surface area (Å²) in [6, 6.07) is 0. The summed E-state index contributed by atoms with van der Waals surface area (Å²) in [6.07, 6.45) is 3.16. The van der Waals surface area contributed by atoms with Crippen LogP contribution < -0.4 is 10.6 Å². The van der Waals surface area contributed by atoms with E-state index < -0.39 is 17.8 Å². The van der Waals surface area contributed by atoms with Crippen LogP contribution in [0.15, 0.2) is 12.2 Å². The molecule has 0 unspecified atom stereocenters. The Hall–Kier alpha value is -3.52. The summed E-state index contributed by atoms with van der Waals surface area (Å²) in [5.41, 5.74) is 0. The van der Waals surface area contributed by atoms with Crippen LogP contribution in [0.2, 0.25) is 0 Å². The van der Waals surface area contributed by atoms with Gasteiger partial charge in [-0.1, -0.05) is 0 Å². The third-order valence-corrected chi connectivity index (χ3v) is 7.44. The molecule has 2 heterocycles. The Balaban J connectivity index is 0.00000231. The first-order valence-electron chi connectivity index (χ1n) is 20.1. The van der Waals surface area contributed by atoms with E-state index in [0.717, 1.165) is 4.90 Å². The van der Waals surface area contributed by atoms with E-state index in [0.29, 0.717) is 171 Å². The number of hydrogen-bond donors (Lipinski definition) is 3. The van der Waals surface area contributed by atoms with E-state index in [1.165, 1.54) is 12.2 Å². The number of amides is 5. The second-order valence-electron chi connectivity index (χ2n) is 12.2. The molecule has 0 aliphatic carbocycles.